The summed E-state index contributed by atoms with van der Waals surface area (Å²) in [5.41, 5.74) is -2.26. The van der Waals surface area contributed by atoms with E-state index in [1.807, 2.05) is 0 Å². The first kappa shape index (κ1) is 34.4. The van der Waals surface area contributed by atoms with Gasteiger partial charge < -0.3 is 29.5 Å². The number of hydrogen-bond acceptors (Lipinski definition) is 11. The van der Waals surface area contributed by atoms with E-state index >= 15 is 0 Å². The minimum absolute atomic E-state index is 0.0799. The molecule has 4 heterocycles. The first-order valence-corrected chi connectivity index (χ1v) is 13.7. The lowest BCUT2D eigenvalue weighted by Crippen LogP contribution is -2.60. The third kappa shape index (κ3) is 8.51. The summed E-state index contributed by atoms with van der Waals surface area (Å²) in [6, 6.07) is -0.412. The first-order chi connectivity index (χ1) is 20.7. The maximum absolute atomic E-state index is 14.6. The van der Waals surface area contributed by atoms with Crippen molar-refractivity contribution < 1.29 is 41.0 Å². The van der Waals surface area contributed by atoms with Crippen molar-refractivity contribution in [2.24, 2.45) is 0 Å². The van der Waals surface area contributed by atoms with Gasteiger partial charge in [-0.05, 0) is 20.0 Å². The summed E-state index contributed by atoms with van der Waals surface area (Å²) in [7, 11) is 4.77. The molecule has 2 amide bonds. The van der Waals surface area contributed by atoms with Gasteiger partial charge in [0.05, 0.1) is 19.0 Å². The fourth-order valence-electron chi connectivity index (χ4n) is 4.59. The van der Waals surface area contributed by atoms with Gasteiger partial charge in [0.15, 0.2) is 5.82 Å². The van der Waals surface area contributed by atoms with Crippen LogP contribution in [0.3, 0.4) is 0 Å². The minimum Gasteiger partial charge on any atom is -0.477 e. The Morgan fingerprint density at radius 3 is 2.41 bits per heavy atom. The maximum atomic E-state index is 14.6. The van der Waals surface area contributed by atoms with Crippen LogP contribution in [0.4, 0.5) is 44.3 Å². The highest BCUT2D eigenvalue weighted by molar-refractivity contribution is 5.88. The predicted octanol–water partition coefficient (Wildman–Crippen LogP) is 3.27. The number of carbonyl (C=O) groups excluding carboxylic acids is 2. The van der Waals surface area contributed by atoms with Crippen molar-refractivity contribution in [3.8, 4) is 5.88 Å². The Hall–Kier alpha value is -4.09. The van der Waals surface area contributed by atoms with Crippen LogP contribution in [-0.2, 0) is 9.53 Å². The number of hydrogen-bond donors (Lipinski definition) is 2. The molecule has 2 N–H and O–H groups in total. The highest BCUT2D eigenvalue weighted by atomic mass is 19.4. The van der Waals surface area contributed by atoms with E-state index in [1.54, 1.807) is 43.1 Å². The van der Waals surface area contributed by atoms with Gasteiger partial charge in [-0.15, -0.1) is 0 Å². The second-order valence-corrected chi connectivity index (χ2v) is 10.2. The molecule has 2 aliphatic rings. The van der Waals surface area contributed by atoms with Crippen LogP contribution in [0.25, 0.3) is 0 Å². The van der Waals surface area contributed by atoms with Crippen molar-refractivity contribution in [3.63, 3.8) is 0 Å². The monoisotopic (exact) mass is 633 g/mol. The highest BCUT2D eigenvalue weighted by Crippen LogP contribution is 2.41. The van der Waals surface area contributed by atoms with E-state index in [0.29, 0.717) is 24.3 Å². The van der Waals surface area contributed by atoms with Crippen molar-refractivity contribution in [1.29, 1.82) is 0 Å². The van der Waals surface area contributed by atoms with E-state index in [1.165, 1.54) is 19.4 Å². The molecular weight excluding hydrogens is 597 g/mol. The molecule has 0 spiro atoms. The van der Waals surface area contributed by atoms with Gasteiger partial charge in [0.1, 0.15) is 11.9 Å². The average Bonchev–Trinajstić information content (AvgIpc) is 2.99. The van der Waals surface area contributed by atoms with Crippen molar-refractivity contribution in [2.75, 3.05) is 69.5 Å². The molecule has 44 heavy (non-hydrogen) atoms. The van der Waals surface area contributed by atoms with Gasteiger partial charge in [-0.25, -0.2) is 28.5 Å². The van der Waals surface area contributed by atoms with Crippen molar-refractivity contribution >= 4 is 30.1 Å². The van der Waals surface area contributed by atoms with Gasteiger partial charge in [0, 0.05) is 65.7 Å². The van der Waals surface area contributed by atoms with E-state index in [2.05, 4.69) is 35.3 Å². The normalized spacial score (nSPS) is 19.6. The van der Waals surface area contributed by atoms with Crippen LogP contribution in [-0.4, -0.2) is 120 Å². The number of piperidine rings is 2. The Morgan fingerprint density at radius 2 is 1.84 bits per heavy atom. The summed E-state index contributed by atoms with van der Waals surface area (Å²) < 4.78 is 76.6. The van der Waals surface area contributed by atoms with Gasteiger partial charge in [-0.2, -0.15) is 18.2 Å². The molecule has 18 heteroatoms. The van der Waals surface area contributed by atoms with Gasteiger partial charge in [-0.3, -0.25) is 10.1 Å². The molecule has 13 nitrogen and oxygen atoms in total. The molecule has 0 bridgehead atoms. The van der Waals surface area contributed by atoms with E-state index in [4.69, 9.17) is 4.74 Å². The summed E-state index contributed by atoms with van der Waals surface area (Å²) in [5.74, 6) is -1.71. The maximum Gasteiger partial charge on any atom is 0.428 e. The van der Waals surface area contributed by atoms with Crippen LogP contribution in [0.5, 0.6) is 5.88 Å². The summed E-state index contributed by atoms with van der Waals surface area (Å²) in [5, 5.41) is 5.38. The van der Waals surface area contributed by atoms with Crippen molar-refractivity contribution in [3.05, 3.63) is 24.7 Å². The molecule has 2 fully saturated rings. The van der Waals surface area contributed by atoms with Crippen molar-refractivity contribution in [1.82, 2.24) is 29.7 Å². The lowest BCUT2D eigenvalue weighted by molar-refractivity contribution is -0.275. The third-order valence-corrected chi connectivity index (χ3v) is 7.31. The van der Waals surface area contributed by atoms with Crippen molar-refractivity contribution in [2.45, 2.75) is 49.9 Å². The zero-order chi connectivity index (χ0) is 32.5. The number of nitrogens with one attached hydrogen (secondary N) is 2. The molecular formula is C26H36F5N9O4. The predicted molar refractivity (Wildman–Crippen MR) is 150 cm³/mol. The fraction of sp³-hybridized carbons (Fsp3) is 0.615. The topological polar surface area (TPSA) is 138 Å². The summed E-state index contributed by atoms with van der Waals surface area (Å²) in [6.07, 6.45) is -1.07. The summed E-state index contributed by atoms with van der Waals surface area (Å²) in [4.78, 5) is 43.5. The second-order valence-electron chi connectivity index (χ2n) is 10.2. The molecule has 0 aromatic carbocycles. The Balaban J connectivity index is 0.000000317. The second kappa shape index (κ2) is 14.6. The number of urea groups is 1. The van der Waals surface area contributed by atoms with Crippen LogP contribution < -0.4 is 20.3 Å². The van der Waals surface area contributed by atoms with Gasteiger partial charge in [0.25, 0.3) is 12.4 Å². The number of anilines is 3. The minimum atomic E-state index is -4.48. The lowest BCUT2D eigenvalue weighted by Gasteiger charge is -2.42. The number of ether oxygens (including phenoxy) is 2. The van der Waals surface area contributed by atoms with E-state index in [-0.39, 0.29) is 51.3 Å². The number of aromatic nitrogens is 4. The lowest BCUT2D eigenvalue weighted by atomic mass is 9.91. The van der Waals surface area contributed by atoms with E-state index in [9.17, 15) is 31.5 Å². The molecule has 4 rings (SSSR count). The van der Waals surface area contributed by atoms with Gasteiger partial charge >= 0.3 is 12.2 Å². The van der Waals surface area contributed by atoms with Crippen LogP contribution in [0, 0.1) is 0 Å². The Morgan fingerprint density at radius 1 is 1.14 bits per heavy atom. The van der Waals surface area contributed by atoms with Gasteiger partial charge in [0.2, 0.25) is 17.4 Å². The Bertz CT molecular complexity index is 1230. The van der Waals surface area contributed by atoms with Crippen LogP contribution >= 0.6 is 0 Å². The number of nitrogens with zero attached hydrogens (tertiary/aromatic N) is 7. The average molecular weight is 634 g/mol. The van der Waals surface area contributed by atoms with Crippen LogP contribution in [0.2, 0.25) is 0 Å². The molecule has 2 saturated heterocycles. The number of halogens is 5. The molecule has 0 radical (unpaired) electrons. The zero-order valence-corrected chi connectivity index (χ0v) is 24.8. The molecule has 0 aliphatic carbocycles. The third-order valence-electron chi connectivity index (χ3n) is 7.31. The fourth-order valence-corrected chi connectivity index (χ4v) is 4.59. The zero-order valence-electron chi connectivity index (χ0n) is 24.8. The Labute approximate surface area is 251 Å². The van der Waals surface area contributed by atoms with Gasteiger partial charge in [-0.1, -0.05) is 0 Å². The summed E-state index contributed by atoms with van der Waals surface area (Å²) >= 11 is 0. The Kier molecular flexibility index (Phi) is 11.4. The molecule has 2 aliphatic heterocycles. The molecule has 2 aromatic heterocycles. The SMILES string of the molecule is CCOc1cnc(NC(=O)N(C)C2CN(c3nccc(NC)n3)CCC2(F)F)cn1.CN1CCC(OC=O)(C(F)(F)F)CC1. The molecule has 0 saturated carbocycles. The number of likely N-dealkylation sites (N-methyl/N-ethyl adjacent to an activating group) is 1. The number of amides is 2. The smallest absolute Gasteiger partial charge is 0.428 e. The number of likely N-dealkylation sites (tertiary alicyclic amines) is 1. The standard InChI is InChI=1S/C18H24F2N8O2.C8H12F3NO2/c1-4-30-15-10-23-14(9-24-15)26-17(29)27(3)12-11-28(8-6-18(12,19)20)16-22-7-5-13(21-2)25-16;1-12-4-2-7(3-5-12,14-6-13)8(9,10)11/h5,7,9-10,12H,4,6,8,11H2,1-3H3,(H,21,22,25)(H,23,26,29);6H,2-5H2,1H3. The molecule has 1 atom stereocenters. The molecule has 2 aromatic rings. The van der Waals surface area contributed by atoms with E-state index in [0.717, 1.165) is 4.90 Å². The molecule has 244 valence electrons. The summed E-state index contributed by atoms with van der Waals surface area (Å²) in [6.45, 7) is 2.66. The largest absolute Gasteiger partial charge is 0.477 e. The quantitative estimate of drug-likeness (QED) is 0.327. The van der Waals surface area contributed by atoms with E-state index < -0.39 is 36.2 Å². The number of alkyl halides is 5. The highest BCUT2D eigenvalue weighted by Gasteiger charge is 2.57. The number of rotatable bonds is 8. The van der Waals surface area contributed by atoms with Crippen LogP contribution in [0.15, 0.2) is 24.7 Å². The van der Waals surface area contributed by atoms with Crippen LogP contribution in [0.1, 0.15) is 26.2 Å². The molecule has 1 unspecified atom stereocenters. The first-order valence-electron chi connectivity index (χ1n) is 13.7. The number of carbonyl (C=O) groups is 2.